The van der Waals surface area contributed by atoms with Crippen LogP contribution in [0.5, 0.6) is 0 Å². The van der Waals surface area contributed by atoms with E-state index in [1.807, 2.05) is 0 Å². The van der Waals surface area contributed by atoms with Gasteiger partial charge in [0.1, 0.15) is 0 Å². The van der Waals surface area contributed by atoms with Crippen LogP contribution in [-0.4, -0.2) is 32.1 Å². The number of hydrogen-bond acceptors (Lipinski definition) is 6. The average Bonchev–Trinajstić information content (AvgIpc) is 1.83. The molecule has 1 saturated heterocycles. The molecule has 7 nitrogen and oxygen atoms in total. The Morgan fingerprint density at radius 1 is 1.58 bits per heavy atom. The number of carbonyl (C=O) groups is 1. The molecule has 0 radical (unpaired) electrons. The van der Waals surface area contributed by atoms with Crippen LogP contribution in [-0.2, 0) is 28.3 Å². The van der Waals surface area contributed by atoms with Crippen molar-refractivity contribution in [2.75, 3.05) is 6.61 Å². The lowest BCUT2D eigenvalue weighted by molar-refractivity contribution is -0.332. The first-order valence-electron chi connectivity index (χ1n) is 2.95. The molecule has 0 amide bonds. The first kappa shape index (κ1) is 9.39. The molecular formula is C4H6O7S. The first-order valence-corrected chi connectivity index (χ1v) is 4.29. The zero-order valence-corrected chi connectivity index (χ0v) is 6.83. The zero-order chi connectivity index (χ0) is 9.41. The number of hydrogen-bond donors (Lipinski definition) is 1. The van der Waals surface area contributed by atoms with Gasteiger partial charge in [-0.05, 0) is 6.92 Å². The third-order valence-electron chi connectivity index (χ3n) is 1.02. The molecule has 1 aliphatic heterocycles. The third-order valence-corrected chi connectivity index (χ3v) is 1.87. The Morgan fingerprint density at radius 3 is 2.33 bits per heavy atom. The van der Waals surface area contributed by atoms with Crippen LogP contribution in [0.4, 0.5) is 0 Å². The van der Waals surface area contributed by atoms with Crippen LogP contribution < -0.4 is 0 Å². The second-order valence-electron chi connectivity index (χ2n) is 1.87. The summed E-state index contributed by atoms with van der Waals surface area (Å²) in [7, 11) is -4.16. The number of aliphatic carboxylic acids is 1. The maximum Gasteiger partial charge on any atom is 0.419 e. The summed E-state index contributed by atoms with van der Waals surface area (Å²) in [6, 6.07) is 0. The van der Waals surface area contributed by atoms with Gasteiger partial charge in [-0.1, -0.05) is 0 Å². The molecule has 70 valence electrons. The Labute approximate surface area is 68.2 Å². The molecule has 12 heavy (non-hydrogen) atoms. The summed E-state index contributed by atoms with van der Waals surface area (Å²) in [5, 5.41) is 8.41. The fourth-order valence-corrected chi connectivity index (χ4v) is 1.43. The lowest BCUT2D eigenvalue weighted by Gasteiger charge is -2.33. The molecule has 8 heteroatoms. The SMILES string of the molecule is CCOC1(C(=O)O)OS(=O)(=O)O1. The summed E-state index contributed by atoms with van der Waals surface area (Å²) in [5.41, 5.74) is 0. The number of carboxylic acid groups (broad SMARTS) is 1. The Bertz CT molecular complexity index is 279. The molecule has 0 aliphatic carbocycles. The van der Waals surface area contributed by atoms with Crippen molar-refractivity contribution in [2.45, 2.75) is 12.9 Å². The second kappa shape index (κ2) is 2.66. The van der Waals surface area contributed by atoms with E-state index in [0.29, 0.717) is 0 Å². The molecule has 1 heterocycles. The Balaban J connectivity index is 2.75. The molecule has 0 aromatic carbocycles. The Hall–Kier alpha value is -0.700. The van der Waals surface area contributed by atoms with E-state index in [0.717, 1.165) is 0 Å². The summed E-state index contributed by atoms with van der Waals surface area (Å²) >= 11 is 0. The van der Waals surface area contributed by atoms with Crippen LogP contribution in [0.3, 0.4) is 0 Å². The van der Waals surface area contributed by atoms with Crippen molar-refractivity contribution < 1.29 is 31.4 Å². The van der Waals surface area contributed by atoms with E-state index < -0.39 is 22.3 Å². The monoisotopic (exact) mass is 198 g/mol. The van der Waals surface area contributed by atoms with Crippen molar-refractivity contribution in [2.24, 2.45) is 0 Å². The highest BCUT2D eigenvalue weighted by molar-refractivity contribution is 7.82. The second-order valence-corrected chi connectivity index (χ2v) is 3.02. The molecule has 0 aromatic heterocycles. The fraction of sp³-hybridized carbons (Fsp3) is 0.750. The van der Waals surface area contributed by atoms with Crippen molar-refractivity contribution >= 4 is 16.4 Å². The molecular weight excluding hydrogens is 192 g/mol. The van der Waals surface area contributed by atoms with E-state index >= 15 is 0 Å². The Kier molecular flexibility index (Phi) is 2.08. The summed E-state index contributed by atoms with van der Waals surface area (Å²) in [5.74, 6) is -4.10. The average molecular weight is 198 g/mol. The molecule has 1 N–H and O–H groups in total. The highest BCUT2D eigenvalue weighted by Gasteiger charge is 2.61. The van der Waals surface area contributed by atoms with Gasteiger partial charge in [0, 0.05) is 0 Å². The van der Waals surface area contributed by atoms with Crippen LogP contribution in [0, 0.1) is 0 Å². The molecule has 1 fully saturated rings. The molecule has 0 unspecified atom stereocenters. The smallest absolute Gasteiger partial charge is 0.419 e. The minimum atomic E-state index is -4.16. The van der Waals surface area contributed by atoms with Crippen LogP contribution in [0.1, 0.15) is 6.92 Å². The highest BCUT2D eigenvalue weighted by atomic mass is 32.3. The normalized spacial score (nSPS) is 24.4. The van der Waals surface area contributed by atoms with Crippen molar-refractivity contribution in [3.8, 4) is 0 Å². The van der Waals surface area contributed by atoms with Crippen LogP contribution >= 0.6 is 0 Å². The molecule has 0 bridgehead atoms. The summed E-state index contributed by atoms with van der Waals surface area (Å²) in [4.78, 5) is 10.3. The van der Waals surface area contributed by atoms with Crippen molar-refractivity contribution in [1.29, 1.82) is 0 Å². The zero-order valence-electron chi connectivity index (χ0n) is 6.01. The first-order chi connectivity index (χ1) is 5.42. The van der Waals surface area contributed by atoms with E-state index in [1.54, 1.807) is 0 Å². The van der Waals surface area contributed by atoms with E-state index in [2.05, 4.69) is 13.1 Å². The van der Waals surface area contributed by atoms with E-state index in [4.69, 9.17) is 5.11 Å². The molecule has 0 atom stereocenters. The van der Waals surface area contributed by atoms with Gasteiger partial charge in [0.15, 0.2) is 0 Å². The van der Waals surface area contributed by atoms with Gasteiger partial charge in [0.05, 0.1) is 6.61 Å². The van der Waals surface area contributed by atoms with Gasteiger partial charge in [-0.2, -0.15) is 16.8 Å². The molecule has 1 rings (SSSR count). The van der Waals surface area contributed by atoms with E-state index in [1.165, 1.54) is 6.92 Å². The van der Waals surface area contributed by atoms with Crippen LogP contribution in [0.25, 0.3) is 0 Å². The molecule has 1 aliphatic rings. The summed E-state index contributed by atoms with van der Waals surface area (Å²) in [6.45, 7) is 1.43. The topological polar surface area (TPSA) is 99.1 Å². The predicted molar refractivity (Wildman–Crippen MR) is 33.1 cm³/mol. The summed E-state index contributed by atoms with van der Waals surface area (Å²) in [6.07, 6.45) is 0. The number of carboxylic acids is 1. The lowest BCUT2D eigenvalue weighted by Crippen LogP contribution is -2.58. The van der Waals surface area contributed by atoms with Crippen molar-refractivity contribution in [1.82, 2.24) is 0 Å². The van der Waals surface area contributed by atoms with Gasteiger partial charge < -0.3 is 9.84 Å². The predicted octanol–water partition coefficient (Wildman–Crippen LogP) is -0.947. The van der Waals surface area contributed by atoms with Crippen LogP contribution in [0.2, 0.25) is 0 Å². The molecule has 0 spiro atoms. The van der Waals surface area contributed by atoms with Gasteiger partial charge >= 0.3 is 22.3 Å². The molecule has 0 aromatic rings. The van der Waals surface area contributed by atoms with Crippen molar-refractivity contribution in [3.05, 3.63) is 0 Å². The maximum atomic E-state index is 10.3. The van der Waals surface area contributed by atoms with Crippen LogP contribution in [0.15, 0.2) is 0 Å². The number of rotatable bonds is 3. The van der Waals surface area contributed by atoms with E-state index in [-0.39, 0.29) is 6.61 Å². The standard InChI is InChI=1S/C4H6O7S/c1-2-9-4(3(5)6)10-12(7,8)11-4/h2H2,1H3,(H,5,6). The van der Waals surface area contributed by atoms with Gasteiger partial charge in [-0.15, -0.1) is 0 Å². The fourth-order valence-electron chi connectivity index (χ4n) is 0.646. The molecule has 0 saturated carbocycles. The Morgan fingerprint density at radius 2 is 2.08 bits per heavy atom. The van der Waals surface area contributed by atoms with E-state index in [9.17, 15) is 13.2 Å². The largest absolute Gasteiger partial charge is 0.475 e. The maximum absolute atomic E-state index is 10.3. The van der Waals surface area contributed by atoms with Gasteiger partial charge in [0.25, 0.3) is 0 Å². The quantitative estimate of drug-likeness (QED) is 0.624. The lowest BCUT2D eigenvalue weighted by atomic mass is 10.6. The van der Waals surface area contributed by atoms with Gasteiger partial charge in [-0.3, -0.25) is 0 Å². The van der Waals surface area contributed by atoms with Gasteiger partial charge in [0.2, 0.25) is 0 Å². The third kappa shape index (κ3) is 1.41. The highest BCUT2D eigenvalue weighted by Crippen LogP contribution is 2.32. The minimum absolute atomic E-state index is 0.0399. The van der Waals surface area contributed by atoms with Crippen molar-refractivity contribution in [3.63, 3.8) is 0 Å². The minimum Gasteiger partial charge on any atom is -0.475 e. The van der Waals surface area contributed by atoms with Gasteiger partial charge in [-0.25, -0.2) is 4.79 Å². The number of ether oxygens (including phenoxy) is 1. The summed E-state index contributed by atoms with van der Waals surface area (Å²) < 4.78 is 32.9.